The molecule has 0 heterocycles. The van der Waals surface area contributed by atoms with Crippen molar-refractivity contribution < 1.29 is 23.4 Å². The monoisotopic (exact) mass is 313 g/mol. The summed E-state index contributed by atoms with van der Waals surface area (Å²) < 4.78 is 26.8. The van der Waals surface area contributed by atoms with Crippen molar-refractivity contribution in [1.29, 1.82) is 0 Å². The molecule has 116 valence electrons. The summed E-state index contributed by atoms with van der Waals surface area (Å²) in [5.41, 5.74) is -0.404. The minimum absolute atomic E-state index is 0.0259. The van der Waals surface area contributed by atoms with Crippen LogP contribution >= 0.6 is 0 Å². The highest BCUT2D eigenvalue weighted by Gasteiger charge is 2.32. The summed E-state index contributed by atoms with van der Waals surface area (Å²) >= 11 is 0. The molecule has 2 rings (SSSR count). The predicted octanol–water partition coefficient (Wildman–Crippen LogP) is 2.04. The number of phenols is 1. The number of carbonyl (C=O) groups is 1. The second kappa shape index (κ2) is 6.03. The van der Waals surface area contributed by atoms with Gasteiger partial charge in [0.15, 0.2) is 0 Å². The summed E-state index contributed by atoms with van der Waals surface area (Å²) in [4.78, 5) is 10.9. The van der Waals surface area contributed by atoms with Crippen LogP contribution in [0.2, 0.25) is 0 Å². The van der Waals surface area contributed by atoms with Gasteiger partial charge in [0, 0.05) is 12.6 Å². The zero-order valence-electron chi connectivity index (χ0n) is 11.8. The van der Waals surface area contributed by atoms with Crippen LogP contribution in [0.3, 0.4) is 0 Å². The molecule has 0 amide bonds. The van der Waals surface area contributed by atoms with Gasteiger partial charge >= 0.3 is 5.97 Å². The highest BCUT2D eigenvalue weighted by Crippen LogP contribution is 2.30. The number of benzene rings is 1. The molecule has 1 saturated carbocycles. The van der Waals surface area contributed by atoms with E-state index in [2.05, 4.69) is 0 Å². The molecule has 0 aromatic heterocycles. The van der Waals surface area contributed by atoms with E-state index >= 15 is 0 Å². The first-order valence-electron chi connectivity index (χ1n) is 6.96. The molecule has 0 spiro atoms. The SMILES string of the molecule is CCN(C1CCCC1)S(=O)(=O)c1ccc(O)c(C(=O)O)c1. The maximum atomic E-state index is 12.7. The summed E-state index contributed by atoms with van der Waals surface area (Å²) in [7, 11) is -3.75. The Morgan fingerprint density at radius 1 is 1.33 bits per heavy atom. The molecule has 0 bridgehead atoms. The summed E-state index contributed by atoms with van der Waals surface area (Å²) in [5, 5.41) is 18.5. The zero-order chi connectivity index (χ0) is 15.6. The van der Waals surface area contributed by atoms with E-state index < -0.39 is 27.3 Å². The number of hydrogen-bond donors (Lipinski definition) is 2. The number of rotatable bonds is 5. The van der Waals surface area contributed by atoms with E-state index in [9.17, 15) is 18.3 Å². The molecule has 7 heteroatoms. The van der Waals surface area contributed by atoms with Crippen LogP contribution < -0.4 is 0 Å². The van der Waals surface area contributed by atoms with Gasteiger partial charge in [0.05, 0.1) is 4.90 Å². The molecule has 1 aliphatic carbocycles. The lowest BCUT2D eigenvalue weighted by atomic mass is 10.2. The molecule has 1 fully saturated rings. The van der Waals surface area contributed by atoms with Crippen LogP contribution in [0.15, 0.2) is 23.1 Å². The molecule has 0 aliphatic heterocycles. The second-order valence-corrected chi connectivity index (χ2v) is 7.02. The van der Waals surface area contributed by atoms with Gasteiger partial charge in [-0.3, -0.25) is 0 Å². The first-order valence-corrected chi connectivity index (χ1v) is 8.40. The second-order valence-electron chi connectivity index (χ2n) is 5.13. The van der Waals surface area contributed by atoms with E-state index in [1.807, 2.05) is 0 Å². The van der Waals surface area contributed by atoms with Crippen molar-refractivity contribution in [3.05, 3.63) is 23.8 Å². The first kappa shape index (κ1) is 15.8. The quantitative estimate of drug-likeness (QED) is 0.867. The van der Waals surface area contributed by atoms with E-state index in [1.54, 1.807) is 6.92 Å². The minimum Gasteiger partial charge on any atom is -0.507 e. The fourth-order valence-electron chi connectivity index (χ4n) is 2.80. The molecule has 0 unspecified atom stereocenters. The van der Waals surface area contributed by atoms with E-state index in [4.69, 9.17) is 5.11 Å². The Bertz CT molecular complexity index is 635. The molecule has 0 atom stereocenters. The number of nitrogens with zero attached hydrogens (tertiary/aromatic N) is 1. The topological polar surface area (TPSA) is 94.9 Å². The Morgan fingerprint density at radius 2 is 1.95 bits per heavy atom. The third kappa shape index (κ3) is 3.03. The largest absolute Gasteiger partial charge is 0.507 e. The van der Waals surface area contributed by atoms with Crippen LogP contribution in [-0.2, 0) is 10.0 Å². The van der Waals surface area contributed by atoms with Crippen molar-refractivity contribution in [3.8, 4) is 5.75 Å². The van der Waals surface area contributed by atoms with Crippen molar-refractivity contribution in [2.24, 2.45) is 0 Å². The van der Waals surface area contributed by atoms with Gasteiger partial charge in [0.1, 0.15) is 11.3 Å². The molecular formula is C14H19NO5S. The fraction of sp³-hybridized carbons (Fsp3) is 0.500. The Labute approximate surface area is 124 Å². The Morgan fingerprint density at radius 3 is 2.48 bits per heavy atom. The van der Waals surface area contributed by atoms with Crippen LogP contribution in [0.4, 0.5) is 0 Å². The highest BCUT2D eigenvalue weighted by molar-refractivity contribution is 7.89. The molecule has 0 saturated heterocycles. The third-order valence-corrected chi connectivity index (χ3v) is 5.87. The summed E-state index contributed by atoms with van der Waals surface area (Å²) in [6.07, 6.45) is 3.67. The van der Waals surface area contributed by atoms with Gasteiger partial charge in [0.2, 0.25) is 10.0 Å². The fourth-order valence-corrected chi connectivity index (χ4v) is 4.52. The molecule has 0 radical (unpaired) electrons. The number of sulfonamides is 1. The summed E-state index contributed by atoms with van der Waals surface area (Å²) in [5.74, 6) is -1.79. The van der Waals surface area contributed by atoms with Gasteiger partial charge in [-0.05, 0) is 31.0 Å². The van der Waals surface area contributed by atoms with E-state index in [-0.39, 0.29) is 10.9 Å². The lowest BCUT2D eigenvalue weighted by Crippen LogP contribution is -2.38. The summed E-state index contributed by atoms with van der Waals surface area (Å²) in [6, 6.07) is 3.35. The average molecular weight is 313 g/mol. The predicted molar refractivity (Wildman–Crippen MR) is 76.9 cm³/mol. The average Bonchev–Trinajstić information content (AvgIpc) is 2.93. The Hall–Kier alpha value is -1.60. The van der Waals surface area contributed by atoms with Crippen LogP contribution in [0.1, 0.15) is 43.0 Å². The van der Waals surface area contributed by atoms with Crippen molar-refractivity contribution in [3.63, 3.8) is 0 Å². The van der Waals surface area contributed by atoms with Gasteiger partial charge in [-0.15, -0.1) is 0 Å². The van der Waals surface area contributed by atoms with Crippen LogP contribution in [0, 0.1) is 0 Å². The molecule has 2 N–H and O–H groups in total. The lowest BCUT2D eigenvalue weighted by Gasteiger charge is -2.26. The molecule has 1 aromatic carbocycles. The van der Waals surface area contributed by atoms with E-state index in [0.29, 0.717) is 6.54 Å². The molecule has 6 nitrogen and oxygen atoms in total. The zero-order valence-corrected chi connectivity index (χ0v) is 12.6. The van der Waals surface area contributed by atoms with Gasteiger partial charge < -0.3 is 10.2 Å². The molecule has 1 aromatic rings. The van der Waals surface area contributed by atoms with Crippen molar-refractivity contribution in [2.45, 2.75) is 43.5 Å². The Kier molecular flexibility index (Phi) is 4.53. The lowest BCUT2D eigenvalue weighted by molar-refractivity contribution is 0.0693. The van der Waals surface area contributed by atoms with Crippen molar-refractivity contribution in [1.82, 2.24) is 4.31 Å². The van der Waals surface area contributed by atoms with E-state index in [0.717, 1.165) is 37.8 Å². The number of carboxylic acids is 1. The maximum Gasteiger partial charge on any atom is 0.339 e. The van der Waals surface area contributed by atoms with Crippen LogP contribution in [0.25, 0.3) is 0 Å². The van der Waals surface area contributed by atoms with Crippen LogP contribution in [-0.4, -0.2) is 41.5 Å². The van der Waals surface area contributed by atoms with Gasteiger partial charge in [-0.2, -0.15) is 4.31 Å². The van der Waals surface area contributed by atoms with Crippen molar-refractivity contribution in [2.75, 3.05) is 6.54 Å². The molecule has 1 aliphatic rings. The highest BCUT2D eigenvalue weighted by atomic mass is 32.2. The standard InChI is InChI=1S/C14H19NO5S/c1-2-15(10-5-3-4-6-10)21(19,20)11-7-8-13(16)12(9-11)14(17)18/h7-10,16H,2-6H2,1H3,(H,17,18). The smallest absolute Gasteiger partial charge is 0.339 e. The van der Waals surface area contributed by atoms with Gasteiger partial charge in [-0.1, -0.05) is 19.8 Å². The molecular weight excluding hydrogens is 294 g/mol. The maximum absolute atomic E-state index is 12.7. The number of carboxylic acid groups (broad SMARTS) is 1. The third-order valence-electron chi connectivity index (χ3n) is 3.85. The first-order chi connectivity index (χ1) is 9.87. The Balaban J connectivity index is 2.42. The van der Waals surface area contributed by atoms with Crippen LogP contribution in [0.5, 0.6) is 5.75 Å². The minimum atomic E-state index is -3.75. The van der Waals surface area contributed by atoms with E-state index in [1.165, 1.54) is 10.4 Å². The number of hydrogen-bond acceptors (Lipinski definition) is 4. The summed E-state index contributed by atoms with van der Waals surface area (Å²) in [6.45, 7) is 2.12. The van der Waals surface area contributed by atoms with Crippen molar-refractivity contribution >= 4 is 16.0 Å². The normalized spacial score (nSPS) is 16.5. The van der Waals surface area contributed by atoms with Gasteiger partial charge in [0.25, 0.3) is 0 Å². The number of aromatic carboxylic acids is 1. The van der Waals surface area contributed by atoms with Gasteiger partial charge in [-0.25, -0.2) is 13.2 Å². The molecule has 21 heavy (non-hydrogen) atoms. The number of aromatic hydroxyl groups is 1.